The largest absolute Gasteiger partial charge is 0.496 e. The van der Waals surface area contributed by atoms with Crippen molar-refractivity contribution >= 4 is 16.8 Å². The van der Waals surface area contributed by atoms with E-state index in [0.717, 1.165) is 53.7 Å². The minimum Gasteiger partial charge on any atom is -0.496 e. The van der Waals surface area contributed by atoms with Crippen LogP contribution in [-0.2, 0) is 13.0 Å². The lowest BCUT2D eigenvalue weighted by atomic mass is 9.99. The van der Waals surface area contributed by atoms with E-state index in [1.54, 1.807) is 7.11 Å². The second-order valence-corrected chi connectivity index (χ2v) is 9.31. The fourth-order valence-corrected chi connectivity index (χ4v) is 5.11. The summed E-state index contributed by atoms with van der Waals surface area (Å²) in [7, 11) is 1.63. The number of piperidine rings is 1. The van der Waals surface area contributed by atoms with Gasteiger partial charge in [-0.3, -0.25) is 14.5 Å². The van der Waals surface area contributed by atoms with E-state index in [9.17, 15) is 9.59 Å². The number of carbonyl (C=O) groups is 1. The number of carbonyl (C=O) groups excluding carboxylic acids is 1. The summed E-state index contributed by atoms with van der Waals surface area (Å²) in [5.41, 5.74) is 2.95. The third-order valence-corrected chi connectivity index (χ3v) is 7.01. The number of nitrogens with zero attached hydrogens (tertiary/aromatic N) is 3. The van der Waals surface area contributed by atoms with Crippen LogP contribution in [0.2, 0.25) is 0 Å². The van der Waals surface area contributed by atoms with Crippen molar-refractivity contribution in [3.05, 3.63) is 57.4 Å². The summed E-state index contributed by atoms with van der Waals surface area (Å²) in [5.74, 6) is 1.25. The number of hydrogen-bond acceptors (Lipinski definition) is 5. The van der Waals surface area contributed by atoms with E-state index in [4.69, 9.17) is 9.72 Å². The topological polar surface area (TPSA) is 94.3 Å². The molecular weight excluding hydrogens is 418 g/mol. The van der Waals surface area contributed by atoms with Gasteiger partial charge in [0.2, 0.25) is 0 Å². The summed E-state index contributed by atoms with van der Waals surface area (Å²) < 4.78 is 5.45. The Kier molecular flexibility index (Phi) is 5.70. The van der Waals surface area contributed by atoms with Crippen LogP contribution in [0, 0.1) is 0 Å². The predicted octanol–water partition coefficient (Wildman–Crippen LogP) is 3.39. The van der Waals surface area contributed by atoms with Gasteiger partial charge in [-0.1, -0.05) is 6.07 Å². The van der Waals surface area contributed by atoms with Crippen LogP contribution < -0.4 is 10.3 Å². The Labute approximate surface area is 193 Å². The molecule has 2 aliphatic rings. The zero-order chi connectivity index (χ0) is 23.1. The molecule has 1 aromatic carbocycles. The summed E-state index contributed by atoms with van der Waals surface area (Å²) in [6, 6.07) is 7.73. The molecule has 0 radical (unpaired) electrons. The Morgan fingerprint density at radius 2 is 2.06 bits per heavy atom. The first-order valence-corrected chi connectivity index (χ1v) is 11.8. The molecule has 174 valence electrons. The SMILES string of the molecule is COc1cccc2[nH]c(C(=O)N3CCCC[C@@H]3c3nc4c(c(=O)[nH]3)CCN(C(C)C)C4)cc12. The van der Waals surface area contributed by atoms with Crippen molar-refractivity contribution in [1.29, 1.82) is 0 Å². The van der Waals surface area contributed by atoms with Gasteiger partial charge in [-0.05, 0) is 57.7 Å². The van der Waals surface area contributed by atoms with Gasteiger partial charge in [0.1, 0.15) is 17.3 Å². The number of aromatic nitrogens is 3. The number of hydrogen-bond donors (Lipinski definition) is 2. The molecule has 33 heavy (non-hydrogen) atoms. The maximum atomic E-state index is 13.6. The first-order valence-electron chi connectivity index (χ1n) is 11.8. The molecule has 0 bridgehead atoms. The average Bonchev–Trinajstić information content (AvgIpc) is 3.27. The van der Waals surface area contributed by atoms with E-state index in [1.807, 2.05) is 29.2 Å². The van der Waals surface area contributed by atoms with E-state index < -0.39 is 0 Å². The average molecular weight is 450 g/mol. The van der Waals surface area contributed by atoms with E-state index in [0.29, 0.717) is 37.1 Å². The molecule has 2 N–H and O–H groups in total. The van der Waals surface area contributed by atoms with Crippen LogP contribution in [0.15, 0.2) is 29.1 Å². The van der Waals surface area contributed by atoms with Gasteiger partial charge in [-0.2, -0.15) is 0 Å². The highest BCUT2D eigenvalue weighted by atomic mass is 16.5. The molecule has 5 rings (SSSR count). The van der Waals surface area contributed by atoms with Gasteiger partial charge in [-0.25, -0.2) is 4.98 Å². The molecule has 0 spiro atoms. The summed E-state index contributed by atoms with van der Waals surface area (Å²) in [6.45, 7) is 6.50. The van der Waals surface area contributed by atoms with E-state index in [1.165, 1.54) is 0 Å². The van der Waals surface area contributed by atoms with Crippen LogP contribution in [0.3, 0.4) is 0 Å². The molecule has 1 saturated heterocycles. The smallest absolute Gasteiger partial charge is 0.270 e. The number of likely N-dealkylation sites (tertiary alicyclic amines) is 1. The van der Waals surface area contributed by atoms with Crippen molar-refractivity contribution in [2.75, 3.05) is 20.2 Å². The summed E-state index contributed by atoms with van der Waals surface area (Å²) >= 11 is 0. The number of benzene rings is 1. The highest BCUT2D eigenvalue weighted by molar-refractivity contribution is 5.99. The molecule has 3 aromatic rings. The summed E-state index contributed by atoms with van der Waals surface area (Å²) in [5, 5.41) is 0.881. The van der Waals surface area contributed by atoms with Crippen LogP contribution in [0.25, 0.3) is 10.9 Å². The lowest BCUT2D eigenvalue weighted by molar-refractivity contribution is 0.0593. The van der Waals surface area contributed by atoms with Crippen molar-refractivity contribution in [2.24, 2.45) is 0 Å². The molecule has 1 fully saturated rings. The van der Waals surface area contributed by atoms with Crippen molar-refractivity contribution in [3.63, 3.8) is 0 Å². The van der Waals surface area contributed by atoms with Gasteiger partial charge >= 0.3 is 0 Å². The van der Waals surface area contributed by atoms with Gasteiger partial charge in [0.15, 0.2) is 0 Å². The molecule has 1 atom stereocenters. The van der Waals surface area contributed by atoms with Gasteiger partial charge in [-0.15, -0.1) is 0 Å². The van der Waals surface area contributed by atoms with Crippen LogP contribution in [0.4, 0.5) is 0 Å². The Bertz CT molecular complexity index is 1240. The maximum absolute atomic E-state index is 13.6. The van der Waals surface area contributed by atoms with Crippen molar-refractivity contribution in [2.45, 2.75) is 58.2 Å². The Morgan fingerprint density at radius 3 is 2.85 bits per heavy atom. The van der Waals surface area contributed by atoms with E-state index in [-0.39, 0.29) is 17.5 Å². The molecule has 1 amide bonds. The van der Waals surface area contributed by atoms with Crippen molar-refractivity contribution in [3.8, 4) is 5.75 Å². The van der Waals surface area contributed by atoms with Crippen LogP contribution in [0.1, 0.15) is 66.7 Å². The molecule has 2 aromatic heterocycles. The molecule has 8 heteroatoms. The number of fused-ring (bicyclic) bond motifs is 2. The molecule has 8 nitrogen and oxygen atoms in total. The predicted molar refractivity (Wildman–Crippen MR) is 127 cm³/mol. The molecule has 0 saturated carbocycles. The fraction of sp³-hybridized carbons (Fsp3) is 0.480. The highest BCUT2D eigenvalue weighted by Gasteiger charge is 2.33. The first kappa shape index (κ1) is 21.7. The number of nitrogens with one attached hydrogen (secondary N) is 2. The maximum Gasteiger partial charge on any atom is 0.270 e. The number of aromatic amines is 2. The molecule has 0 aliphatic carbocycles. The molecule has 0 unspecified atom stereocenters. The van der Waals surface area contributed by atoms with Gasteiger partial charge < -0.3 is 19.6 Å². The number of rotatable bonds is 4. The lowest BCUT2D eigenvalue weighted by Gasteiger charge is -2.36. The lowest BCUT2D eigenvalue weighted by Crippen LogP contribution is -2.42. The number of ether oxygens (including phenoxy) is 1. The quantitative estimate of drug-likeness (QED) is 0.637. The van der Waals surface area contributed by atoms with Gasteiger partial charge in [0.05, 0.1) is 18.8 Å². The first-order chi connectivity index (χ1) is 16.0. The van der Waals surface area contributed by atoms with E-state index in [2.05, 4.69) is 28.7 Å². The Balaban J connectivity index is 1.48. The summed E-state index contributed by atoms with van der Waals surface area (Å²) in [6.07, 6.45) is 3.42. The Hall–Kier alpha value is -3.13. The zero-order valence-electron chi connectivity index (χ0n) is 19.5. The minimum atomic E-state index is -0.244. The number of H-pyrrole nitrogens is 2. The van der Waals surface area contributed by atoms with Crippen molar-refractivity contribution in [1.82, 2.24) is 24.8 Å². The molecule has 4 heterocycles. The third-order valence-electron chi connectivity index (χ3n) is 7.01. The van der Waals surface area contributed by atoms with Gasteiger partial charge in [0, 0.05) is 42.1 Å². The van der Waals surface area contributed by atoms with Crippen LogP contribution in [0.5, 0.6) is 5.75 Å². The second-order valence-electron chi connectivity index (χ2n) is 9.31. The zero-order valence-corrected chi connectivity index (χ0v) is 19.5. The van der Waals surface area contributed by atoms with Crippen LogP contribution >= 0.6 is 0 Å². The second kappa shape index (κ2) is 8.67. The Morgan fingerprint density at radius 1 is 1.21 bits per heavy atom. The van der Waals surface area contributed by atoms with Crippen molar-refractivity contribution < 1.29 is 9.53 Å². The number of amides is 1. The normalized spacial score (nSPS) is 19.2. The third kappa shape index (κ3) is 3.93. The minimum absolute atomic E-state index is 0.0632. The van der Waals surface area contributed by atoms with Gasteiger partial charge in [0.25, 0.3) is 11.5 Å². The highest BCUT2D eigenvalue weighted by Crippen LogP contribution is 2.32. The number of methoxy groups -OCH3 is 1. The molecular formula is C25H31N5O3. The fourth-order valence-electron chi connectivity index (χ4n) is 5.11. The monoisotopic (exact) mass is 449 g/mol. The van der Waals surface area contributed by atoms with Crippen LogP contribution in [-0.4, -0.2) is 56.9 Å². The van der Waals surface area contributed by atoms with E-state index >= 15 is 0 Å². The molecule has 2 aliphatic heterocycles. The summed E-state index contributed by atoms with van der Waals surface area (Å²) in [4.78, 5) is 41.9. The standard InChI is InChI=1S/C25H31N5O3/c1-15(2)29-12-10-16-20(14-29)27-23(28-24(16)31)21-8-4-5-11-30(21)25(32)19-13-17-18(26-19)7-6-9-22(17)33-3/h6-7,9,13,15,21,26H,4-5,8,10-12,14H2,1-3H3,(H,27,28,31)/t21-/m1/s1.